The summed E-state index contributed by atoms with van der Waals surface area (Å²) in [5, 5.41) is 25.6. The summed E-state index contributed by atoms with van der Waals surface area (Å²) in [5.41, 5.74) is 7.64. The third-order valence-corrected chi connectivity index (χ3v) is 11.0. The molecule has 0 saturated heterocycles. The van der Waals surface area contributed by atoms with Gasteiger partial charge in [-0.3, -0.25) is 42.9 Å². The zero-order chi connectivity index (χ0) is 50.5. The van der Waals surface area contributed by atoms with Crippen molar-refractivity contribution >= 4 is 74.7 Å². The number of H-pyrrole nitrogens is 1. The van der Waals surface area contributed by atoms with Gasteiger partial charge in [0.05, 0.1) is 13.0 Å². The van der Waals surface area contributed by atoms with E-state index in [1.54, 1.807) is 42.6 Å². The van der Waals surface area contributed by atoms with Gasteiger partial charge in [-0.25, -0.2) is 0 Å². The first kappa shape index (κ1) is 54.0. The van der Waals surface area contributed by atoms with Gasteiger partial charge in [-0.05, 0) is 60.2 Å². The van der Waals surface area contributed by atoms with Crippen molar-refractivity contribution in [3.05, 3.63) is 107 Å². The van der Waals surface area contributed by atoms with Crippen LogP contribution in [0.4, 0.5) is 0 Å². The Morgan fingerprint density at radius 2 is 1.32 bits per heavy atom. The van der Waals surface area contributed by atoms with Gasteiger partial charge in [-0.1, -0.05) is 100 Å². The third kappa shape index (κ3) is 18.5. The SMILES string of the molecule is CCCC[C@H](NC(=O)CCc1ccc(OS(=O)(=O)O)cc1)C(=O)NCC(=O)N[C@@H](Cc1c[nH]c2ccccc12)C(=O)N[C@@H](CCCC)C(=O)N[C@@H](CC(=O)O)C(=O)N/C(=C/c1ccccc1)C(N)=O. The zero-order valence-electron chi connectivity index (χ0n) is 38.1. The van der Waals surface area contributed by atoms with E-state index >= 15 is 0 Å². The van der Waals surface area contributed by atoms with Gasteiger partial charge in [0.25, 0.3) is 5.91 Å². The highest BCUT2D eigenvalue weighted by molar-refractivity contribution is 7.81. The third-order valence-electron chi connectivity index (χ3n) is 10.6. The van der Waals surface area contributed by atoms with Gasteiger partial charge in [-0.15, -0.1) is 0 Å². The Bertz CT molecular complexity index is 2580. The summed E-state index contributed by atoms with van der Waals surface area (Å²) in [6, 6.07) is 15.8. The summed E-state index contributed by atoms with van der Waals surface area (Å²) in [6.07, 6.45) is 4.65. The van der Waals surface area contributed by atoms with Crippen LogP contribution in [0.3, 0.4) is 0 Å². The van der Waals surface area contributed by atoms with E-state index in [4.69, 9.17) is 10.3 Å². The monoisotopic (exact) mass is 974 g/mol. The average molecular weight is 975 g/mol. The molecule has 22 heteroatoms. The minimum Gasteiger partial charge on any atom is -0.481 e. The molecule has 0 radical (unpaired) electrons. The fourth-order valence-corrected chi connectivity index (χ4v) is 7.36. The van der Waals surface area contributed by atoms with E-state index in [-0.39, 0.29) is 43.6 Å². The van der Waals surface area contributed by atoms with Crippen LogP contribution >= 0.6 is 0 Å². The molecule has 0 saturated carbocycles. The van der Waals surface area contributed by atoms with Crippen LogP contribution in [0.25, 0.3) is 17.0 Å². The number of aromatic amines is 1. The van der Waals surface area contributed by atoms with E-state index in [0.717, 1.165) is 10.9 Å². The molecule has 0 aliphatic rings. The number of carbonyl (C=O) groups is 8. The molecule has 0 unspecified atom stereocenters. The van der Waals surface area contributed by atoms with Gasteiger partial charge in [0.2, 0.25) is 35.4 Å². The highest BCUT2D eigenvalue weighted by atomic mass is 32.3. The lowest BCUT2D eigenvalue weighted by atomic mass is 10.0. The summed E-state index contributed by atoms with van der Waals surface area (Å²) in [5.74, 6) is -7.33. The van der Waals surface area contributed by atoms with Gasteiger partial charge in [-0.2, -0.15) is 8.42 Å². The predicted octanol–water partition coefficient (Wildman–Crippen LogP) is 2.08. The van der Waals surface area contributed by atoms with Crippen LogP contribution in [0.2, 0.25) is 0 Å². The molecule has 21 nitrogen and oxygen atoms in total. The van der Waals surface area contributed by atoms with Crippen LogP contribution in [0.1, 0.15) is 81.9 Å². The molecule has 4 rings (SSSR count). The lowest BCUT2D eigenvalue weighted by Crippen LogP contribution is -2.58. The summed E-state index contributed by atoms with van der Waals surface area (Å²) >= 11 is 0. The number of fused-ring (bicyclic) bond motifs is 1. The number of rotatable bonds is 28. The Kier molecular flexibility index (Phi) is 20.9. The summed E-state index contributed by atoms with van der Waals surface area (Å²) in [7, 11) is -4.71. The molecule has 4 aromatic rings. The molecule has 69 heavy (non-hydrogen) atoms. The number of amides is 7. The van der Waals surface area contributed by atoms with Gasteiger partial charge < -0.3 is 51.9 Å². The molecular formula is C47H58N8O13S. The van der Waals surface area contributed by atoms with Crippen molar-refractivity contribution in [2.24, 2.45) is 5.73 Å². The normalized spacial score (nSPS) is 13.2. The molecule has 11 N–H and O–H groups in total. The maximum absolute atomic E-state index is 14.2. The number of aromatic nitrogens is 1. The van der Waals surface area contributed by atoms with Gasteiger partial charge in [0.1, 0.15) is 35.6 Å². The molecule has 4 atom stereocenters. The standard InChI is InChI=1S/C47H58N8O13S/c1-3-5-15-35(51-40(56)23-20-29-18-21-32(22-19-29)68-69(65,66)67)44(61)50-28-41(57)52-38(25-31-27-49-34-17-11-10-14-33(31)34)46(63)53-36(16-6-4-2)45(62)55-39(26-42(58)59)47(64)54-37(43(48)60)24-30-12-8-7-9-13-30/h7-14,17-19,21-22,24,27,35-36,38-39,49H,3-6,15-16,20,23,25-26,28H2,1-2H3,(H2,48,60)(H,50,61)(H,51,56)(H,52,57)(H,53,63)(H,54,64)(H,55,62)(H,58,59)(H,65,66,67)/b37-24+/t35-,36-,38-,39-/m0/s1. The van der Waals surface area contributed by atoms with Crippen molar-refractivity contribution in [1.82, 2.24) is 36.9 Å². The summed E-state index contributed by atoms with van der Waals surface area (Å²) < 4.78 is 35.2. The van der Waals surface area contributed by atoms with Crippen molar-refractivity contribution in [3.8, 4) is 5.75 Å². The number of aliphatic carboxylic acids is 1. The number of aryl methyl sites for hydroxylation is 1. The number of hydrogen-bond donors (Lipinski definition) is 10. The number of hydrogen-bond acceptors (Lipinski definition) is 11. The minimum atomic E-state index is -4.71. The van der Waals surface area contributed by atoms with Gasteiger partial charge in [0.15, 0.2) is 0 Å². The van der Waals surface area contributed by atoms with Crippen LogP contribution in [0.5, 0.6) is 5.75 Å². The first-order valence-corrected chi connectivity index (χ1v) is 23.6. The number of benzene rings is 3. The molecule has 3 aromatic carbocycles. The van der Waals surface area contributed by atoms with Crippen molar-refractivity contribution in [3.63, 3.8) is 0 Å². The number of nitrogens with one attached hydrogen (secondary N) is 7. The van der Waals surface area contributed by atoms with Crippen molar-refractivity contribution in [2.75, 3.05) is 6.54 Å². The van der Waals surface area contributed by atoms with Crippen LogP contribution in [0.15, 0.2) is 90.8 Å². The molecule has 370 valence electrons. The fraction of sp³-hybridized carbons (Fsp3) is 0.362. The summed E-state index contributed by atoms with van der Waals surface area (Å²) in [4.78, 5) is 109. The Morgan fingerprint density at radius 3 is 1.94 bits per heavy atom. The number of carbonyl (C=O) groups excluding carboxylic acids is 7. The molecule has 0 fully saturated rings. The molecule has 0 aliphatic heterocycles. The topological polar surface area (TPSA) is 334 Å². The average Bonchev–Trinajstić information content (AvgIpc) is 3.71. The molecule has 1 heterocycles. The Morgan fingerprint density at radius 1 is 0.725 bits per heavy atom. The minimum absolute atomic E-state index is 0.0445. The molecule has 0 spiro atoms. The smallest absolute Gasteiger partial charge is 0.446 e. The van der Waals surface area contributed by atoms with E-state index < -0.39 is 94.9 Å². The maximum atomic E-state index is 14.2. The second kappa shape index (κ2) is 26.7. The Hall–Kier alpha value is -7.59. The van der Waals surface area contributed by atoms with E-state index in [1.807, 2.05) is 32.0 Å². The van der Waals surface area contributed by atoms with Crippen molar-refractivity contribution < 1.29 is 60.6 Å². The van der Waals surface area contributed by atoms with Crippen LogP contribution < -0.4 is 41.8 Å². The quantitative estimate of drug-likeness (QED) is 0.0288. The number of para-hydroxylation sites is 1. The van der Waals surface area contributed by atoms with Crippen LogP contribution in [-0.4, -0.2) is 101 Å². The molecule has 0 bridgehead atoms. The molecular weight excluding hydrogens is 917 g/mol. The summed E-state index contributed by atoms with van der Waals surface area (Å²) in [6.45, 7) is 3.13. The van der Waals surface area contributed by atoms with E-state index in [9.17, 15) is 51.9 Å². The largest absolute Gasteiger partial charge is 0.481 e. The van der Waals surface area contributed by atoms with Crippen molar-refractivity contribution in [2.45, 2.75) is 102 Å². The van der Waals surface area contributed by atoms with Crippen LogP contribution in [0, 0.1) is 0 Å². The maximum Gasteiger partial charge on any atom is 0.446 e. The number of nitrogens with two attached hydrogens (primary N) is 1. The predicted molar refractivity (Wildman–Crippen MR) is 253 cm³/mol. The Labute approximate surface area is 398 Å². The lowest BCUT2D eigenvalue weighted by Gasteiger charge is -2.25. The lowest BCUT2D eigenvalue weighted by molar-refractivity contribution is -0.141. The highest BCUT2D eigenvalue weighted by Crippen LogP contribution is 2.20. The number of primary amides is 1. The highest BCUT2D eigenvalue weighted by Gasteiger charge is 2.32. The van der Waals surface area contributed by atoms with Crippen molar-refractivity contribution in [1.29, 1.82) is 0 Å². The number of unbranched alkanes of at least 4 members (excludes halogenated alkanes) is 2. The van der Waals surface area contributed by atoms with E-state index in [2.05, 4.69) is 41.1 Å². The first-order valence-electron chi connectivity index (χ1n) is 22.2. The number of carboxylic acid groups (broad SMARTS) is 1. The van der Waals surface area contributed by atoms with Gasteiger partial charge >= 0.3 is 16.4 Å². The second-order valence-corrected chi connectivity index (χ2v) is 17.0. The van der Waals surface area contributed by atoms with Gasteiger partial charge in [0, 0.05) is 29.9 Å². The number of carboxylic acids is 1. The molecule has 0 aliphatic carbocycles. The molecule has 7 amide bonds. The first-order chi connectivity index (χ1) is 32.8. The van der Waals surface area contributed by atoms with Crippen LogP contribution in [-0.2, 0) is 61.6 Å². The Balaban J connectivity index is 1.47. The van der Waals surface area contributed by atoms with E-state index in [0.29, 0.717) is 42.4 Å². The fourth-order valence-electron chi connectivity index (χ4n) is 7.01. The second-order valence-electron chi connectivity index (χ2n) is 16.0. The van der Waals surface area contributed by atoms with E-state index in [1.165, 1.54) is 30.3 Å². The zero-order valence-corrected chi connectivity index (χ0v) is 38.9. The molecule has 1 aromatic heterocycles.